The van der Waals surface area contributed by atoms with E-state index < -0.39 is 44.9 Å². The second-order valence-corrected chi connectivity index (χ2v) is 6.05. The van der Waals surface area contributed by atoms with Crippen LogP contribution in [0.3, 0.4) is 0 Å². The Hall–Kier alpha value is 0.470. The molecule has 12 nitrogen and oxygen atoms in total. The molecule has 15 heteroatoms. The Balaban J connectivity index is 0.00000312. The Labute approximate surface area is 192 Å². The Morgan fingerprint density at radius 3 is 2.58 bits per heavy atom. The summed E-state index contributed by atoms with van der Waals surface area (Å²) in [6.07, 6.45) is -4.54. The first-order chi connectivity index (χ1) is 11.2. The van der Waals surface area contributed by atoms with Gasteiger partial charge in [0.25, 0.3) is 0 Å². The van der Waals surface area contributed by atoms with Crippen molar-refractivity contribution in [2.45, 2.75) is 31.5 Å². The number of hydrogen-bond donors (Lipinski definition) is 3. The van der Waals surface area contributed by atoms with Gasteiger partial charge in [-0.15, -0.1) is 0 Å². The minimum atomic E-state index is -5.26. The maximum atomic E-state index is 11.7. The van der Waals surface area contributed by atoms with Gasteiger partial charge in [0.1, 0.15) is 24.1 Å². The number of carbonyl (C=O) groups is 1. The van der Waals surface area contributed by atoms with E-state index in [1.54, 1.807) is 6.92 Å². The van der Waals surface area contributed by atoms with Gasteiger partial charge in [-0.3, -0.25) is 4.57 Å². The number of rotatable bonds is 6. The van der Waals surface area contributed by atoms with Crippen LogP contribution in [0.5, 0.6) is 0 Å². The van der Waals surface area contributed by atoms with E-state index in [0.717, 1.165) is 10.9 Å². The van der Waals surface area contributed by atoms with Crippen molar-refractivity contribution in [3.05, 3.63) is 12.0 Å². The van der Waals surface area contributed by atoms with Crippen LogP contribution >= 0.6 is 7.82 Å². The number of aliphatic hydroxyl groups is 2. The van der Waals surface area contributed by atoms with Gasteiger partial charge in [0.05, 0.1) is 27.4 Å². The molecular weight excluding hydrogens is 395 g/mol. The molecule has 1 aromatic heterocycles. The third-order valence-electron chi connectivity index (χ3n) is 3.31. The number of phosphoric acid groups is 1. The zero-order valence-corrected chi connectivity index (χ0v) is 19.4. The molecule has 2 heterocycles. The molecule has 1 fully saturated rings. The molecule has 4 N–H and O–H groups in total. The van der Waals surface area contributed by atoms with Crippen LogP contribution < -0.4 is 74.6 Å². The van der Waals surface area contributed by atoms with Crippen molar-refractivity contribution in [2.75, 3.05) is 18.9 Å². The second-order valence-electron chi connectivity index (χ2n) is 4.90. The van der Waals surface area contributed by atoms with Gasteiger partial charge >= 0.3 is 65.1 Å². The molecular formula is C11H16N3Na2O9P. The number of phosphoric ester groups is 1. The number of ether oxygens (including phenoxy) is 2. The summed E-state index contributed by atoms with van der Waals surface area (Å²) in [6, 6.07) is 0. The van der Waals surface area contributed by atoms with Crippen LogP contribution in [0.2, 0.25) is 0 Å². The van der Waals surface area contributed by atoms with Gasteiger partial charge in [0.2, 0.25) is 0 Å². The Bertz CT molecular complexity index is 655. The number of anilines is 1. The largest absolute Gasteiger partial charge is 1.00 e. The topological polar surface area (TPSA) is 192 Å². The molecule has 0 aromatic carbocycles. The first-order valence-electron chi connectivity index (χ1n) is 6.83. The molecule has 0 spiro atoms. The van der Waals surface area contributed by atoms with Gasteiger partial charge in [-0.1, -0.05) is 0 Å². The zero-order chi connectivity index (χ0) is 18.1. The predicted octanol–water partition coefficient (Wildman–Crippen LogP) is -8.89. The molecule has 136 valence electrons. The summed E-state index contributed by atoms with van der Waals surface area (Å²) in [6.45, 7) is 0.926. The summed E-state index contributed by atoms with van der Waals surface area (Å²) in [4.78, 5) is 36.4. The van der Waals surface area contributed by atoms with Crippen molar-refractivity contribution in [2.24, 2.45) is 0 Å². The van der Waals surface area contributed by atoms with Crippen LogP contribution in [0.4, 0.5) is 5.82 Å². The molecule has 0 aliphatic carbocycles. The third-order valence-corrected chi connectivity index (χ3v) is 3.77. The fraction of sp³-hybridized carbons (Fsp3) is 0.636. The van der Waals surface area contributed by atoms with Crippen LogP contribution in [0, 0.1) is 0 Å². The molecule has 1 aliphatic rings. The molecule has 0 radical (unpaired) electrons. The van der Waals surface area contributed by atoms with Gasteiger partial charge in [-0.05, 0) is 6.92 Å². The van der Waals surface area contributed by atoms with E-state index in [2.05, 4.69) is 9.51 Å². The first-order valence-corrected chi connectivity index (χ1v) is 8.29. The SMILES string of the molecule is CCOC(=O)c1ncn([C@@H]2O[C@H](COP(=O)([O-])[O-])C(O)C2O)c1N.[Na+].[Na+]. The Morgan fingerprint density at radius 1 is 1.42 bits per heavy atom. The number of aromatic nitrogens is 2. The quantitative estimate of drug-likeness (QED) is 0.229. The normalized spacial score (nSPS) is 25.3. The van der Waals surface area contributed by atoms with E-state index >= 15 is 0 Å². The summed E-state index contributed by atoms with van der Waals surface area (Å²) in [5, 5.41) is 19.9. The van der Waals surface area contributed by atoms with Crippen molar-refractivity contribution < 1.29 is 102 Å². The summed E-state index contributed by atoms with van der Waals surface area (Å²) < 4.78 is 25.6. The number of aliphatic hydroxyl groups excluding tert-OH is 2. The molecule has 2 unspecified atom stereocenters. The maximum Gasteiger partial charge on any atom is 1.00 e. The summed E-state index contributed by atoms with van der Waals surface area (Å²) in [5.41, 5.74) is 5.56. The summed E-state index contributed by atoms with van der Waals surface area (Å²) in [5.74, 6) is -0.954. The number of esters is 1. The molecule has 4 atom stereocenters. The monoisotopic (exact) mass is 411 g/mol. The molecule has 26 heavy (non-hydrogen) atoms. The van der Waals surface area contributed by atoms with Crippen LogP contribution in [0.25, 0.3) is 0 Å². The smallest absolute Gasteiger partial charge is 0.790 e. The molecule has 0 bridgehead atoms. The number of nitrogens with two attached hydrogens (primary N) is 1. The predicted molar refractivity (Wildman–Crippen MR) is 72.1 cm³/mol. The first kappa shape index (κ1) is 26.5. The molecule has 0 saturated carbocycles. The van der Waals surface area contributed by atoms with Crippen LogP contribution in [0.1, 0.15) is 23.6 Å². The van der Waals surface area contributed by atoms with Crippen molar-refractivity contribution in [1.82, 2.24) is 9.55 Å². The van der Waals surface area contributed by atoms with Crippen LogP contribution in [0.15, 0.2) is 6.33 Å². The van der Waals surface area contributed by atoms with E-state index in [1.807, 2.05) is 0 Å². The molecule has 1 aromatic rings. The Kier molecular flexibility index (Phi) is 11.1. The molecule has 1 saturated heterocycles. The number of carbonyl (C=O) groups excluding carboxylic acids is 1. The van der Waals surface area contributed by atoms with Gasteiger partial charge in [0, 0.05) is 0 Å². The van der Waals surface area contributed by atoms with Crippen molar-refractivity contribution in [3.8, 4) is 0 Å². The van der Waals surface area contributed by atoms with Crippen molar-refractivity contribution in [3.63, 3.8) is 0 Å². The molecule has 0 amide bonds. The van der Waals surface area contributed by atoms with Crippen LogP contribution in [-0.2, 0) is 18.6 Å². The van der Waals surface area contributed by atoms with Gasteiger partial charge in [-0.25, -0.2) is 9.78 Å². The average molecular weight is 411 g/mol. The zero-order valence-electron chi connectivity index (χ0n) is 14.5. The van der Waals surface area contributed by atoms with E-state index in [9.17, 15) is 29.4 Å². The molecule has 1 aliphatic heterocycles. The number of nitrogens with zero attached hydrogens (tertiary/aromatic N) is 2. The van der Waals surface area contributed by atoms with E-state index in [4.69, 9.17) is 15.2 Å². The summed E-state index contributed by atoms with van der Waals surface area (Å²) >= 11 is 0. The second kappa shape index (κ2) is 10.9. The minimum absolute atomic E-state index is 0. The average Bonchev–Trinajstić information content (AvgIpc) is 2.99. The van der Waals surface area contributed by atoms with Crippen LogP contribution in [-0.4, -0.2) is 57.3 Å². The van der Waals surface area contributed by atoms with E-state index in [-0.39, 0.29) is 77.2 Å². The van der Waals surface area contributed by atoms with Crippen molar-refractivity contribution in [1.29, 1.82) is 0 Å². The van der Waals surface area contributed by atoms with E-state index in [0.29, 0.717) is 0 Å². The minimum Gasteiger partial charge on any atom is -0.790 e. The van der Waals surface area contributed by atoms with E-state index in [1.165, 1.54) is 0 Å². The fourth-order valence-corrected chi connectivity index (χ4v) is 2.52. The van der Waals surface area contributed by atoms with Gasteiger partial charge < -0.3 is 44.3 Å². The maximum absolute atomic E-state index is 11.7. The number of imidazole rings is 1. The molecule has 2 rings (SSSR count). The standard InChI is InChI=1S/C11H18N3O9P.2Na/c1-2-21-11(17)6-9(12)14(4-13-6)10-8(16)7(15)5(23-10)3-22-24(18,19)20;;/h4-5,7-8,10,15-16H,2-3,12H2,1H3,(H2,18,19,20);;/q;2*+1/p-2/t5-,7?,8?,10-;;/m1../s1. The Morgan fingerprint density at radius 2 is 2.04 bits per heavy atom. The van der Waals surface area contributed by atoms with Gasteiger partial charge in [-0.2, -0.15) is 0 Å². The van der Waals surface area contributed by atoms with Crippen molar-refractivity contribution >= 4 is 19.6 Å². The number of nitrogen functional groups attached to an aromatic ring is 1. The number of hydrogen-bond acceptors (Lipinski definition) is 11. The summed E-state index contributed by atoms with van der Waals surface area (Å²) in [7, 11) is -5.26. The fourth-order valence-electron chi connectivity index (χ4n) is 2.19. The third kappa shape index (κ3) is 6.24. The van der Waals surface area contributed by atoms with Gasteiger partial charge in [0.15, 0.2) is 11.9 Å².